The Balaban J connectivity index is 1.79. The highest BCUT2D eigenvalue weighted by atomic mass is 15.0. The topological polar surface area (TPSA) is 15.4 Å². The molecule has 0 atom stereocenters. The standard InChI is InChI=1S/C14H19N2/c1-16-9-7-14(8-10-16)12-15-11-13-5-3-2-4-6-13/h2-6,11,14H,1,7-10,12H2/q+1. The summed E-state index contributed by atoms with van der Waals surface area (Å²) in [6.07, 6.45) is 4.45. The van der Waals surface area contributed by atoms with Crippen molar-refractivity contribution in [3.05, 3.63) is 35.9 Å². The fourth-order valence-corrected chi connectivity index (χ4v) is 2.02. The third kappa shape index (κ3) is 3.30. The Labute approximate surface area is 97.3 Å². The summed E-state index contributed by atoms with van der Waals surface area (Å²) in [5, 5.41) is 0. The van der Waals surface area contributed by atoms with Crippen molar-refractivity contribution >= 4 is 12.9 Å². The summed E-state index contributed by atoms with van der Waals surface area (Å²) in [4.78, 5) is 4.53. The maximum Gasteiger partial charge on any atom is 0.142 e. The molecule has 1 aromatic rings. The first-order valence-corrected chi connectivity index (χ1v) is 5.95. The SMILES string of the molecule is C=[N+]1CCC(CN=Cc2ccccc2)CC1. The second-order valence-corrected chi connectivity index (χ2v) is 4.47. The van der Waals surface area contributed by atoms with Crippen molar-refractivity contribution in [3.63, 3.8) is 0 Å². The lowest BCUT2D eigenvalue weighted by molar-refractivity contribution is -0.532. The van der Waals surface area contributed by atoms with Crippen LogP contribution in [0.1, 0.15) is 18.4 Å². The van der Waals surface area contributed by atoms with Gasteiger partial charge >= 0.3 is 0 Å². The monoisotopic (exact) mass is 215 g/mol. The van der Waals surface area contributed by atoms with Crippen molar-refractivity contribution < 1.29 is 4.58 Å². The molecule has 0 unspecified atom stereocenters. The fourth-order valence-electron chi connectivity index (χ4n) is 2.02. The van der Waals surface area contributed by atoms with E-state index in [-0.39, 0.29) is 0 Å². The van der Waals surface area contributed by atoms with E-state index in [0.29, 0.717) is 0 Å². The maximum atomic E-state index is 4.53. The van der Waals surface area contributed by atoms with Crippen molar-refractivity contribution in [1.29, 1.82) is 0 Å². The van der Waals surface area contributed by atoms with E-state index in [9.17, 15) is 0 Å². The third-order valence-electron chi connectivity index (χ3n) is 3.11. The normalized spacial score (nSPS) is 18.1. The van der Waals surface area contributed by atoms with Gasteiger partial charge in [0, 0.05) is 25.6 Å². The van der Waals surface area contributed by atoms with Gasteiger partial charge in [0.25, 0.3) is 0 Å². The Bertz CT molecular complexity index is 358. The van der Waals surface area contributed by atoms with Crippen LogP contribution in [-0.4, -0.2) is 37.1 Å². The number of benzene rings is 1. The predicted octanol–water partition coefficient (Wildman–Crippen LogP) is 2.23. The van der Waals surface area contributed by atoms with E-state index >= 15 is 0 Å². The Hall–Kier alpha value is -1.44. The summed E-state index contributed by atoms with van der Waals surface area (Å²) in [7, 11) is 0. The van der Waals surface area contributed by atoms with Gasteiger partial charge in [-0.15, -0.1) is 0 Å². The minimum Gasteiger partial charge on any atom is -0.292 e. The summed E-state index contributed by atoms with van der Waals surface area (Å²) < 4.78 is 2.15. The summed E-state index contributed by atoms with van der Waals surface area (Å²) in [6, 6.07) is 10.3. The number of rotatable bonds is 3. The van der Waals surface area contributed by atoms with Gasteiger partial charge in [0.15, 0.2) is 0 Å². The minimum absolute atomic E-state index is 0.748. The van der Waals surface area contributed by atoms with Gasteiger partial charge < -0.3 is 0 Å². The van der Waals surface area contributed by atoms with Gasteiger partial charge in [0.1, 0.15) is 19.8 Å². The van der Waals surface area contributed by atoms with Crippen LogP contribution in [0.4, 0.5) is 0 Å². The first-order valence-electron chi connectivity index (χ1n) is 5.95. The molecule has 0 bridgehead atoms. The predicted molar refractivity (Wildman–Crippen MR) is 68.7 cm³/mol. The van der Waals surface area contributed by atoms with Crippen LogP contribution in [-0.2, 0) is 0 Å². The summed E-state index contributed by atoms with van der Waals surface area (Å²) in [5.41, 5.74) is 1.19. The largest absolute Gasteiger partial charge is 0.292 e. The number of hydrogen-bond acceptors (Lipinski definition) is 1. The molecule has 0 spiro atoms. The quantitative estimate of drug-likeness (QED) is 0.543. The van der Waals surface area contributed by atoms with E-state index in [1.54, 1.807) is 0 Å². The molecule has 2 nitrogen and oxygen atoms in total. The second-order valence-electron chi connectivity index (χ2n) is 4.47. The molecule has 0 N–H and O–H groups in total. The minimum atomic E-state index is 0.748. The average Bonchev–Trinajstić information content (AvgIpc) is 2.33. The highest BCUT2D eigenvalue weighted by Crippen LogP contribution is 2.14. The van der Waals surface area contributed by atoms with Gasteiger partial charge in [-0.25, -0.2) is 4.58 Å². The van der Waals surface area contributed by atoms with Crippen LogP contribution < -0.4 is 0 Å². The Morgan fingerprint density at radius 1 is 1.25 bits per heavy atom. The van der Waals surface area contributed by atoms with Crippen molar-refractivity contribution in [3.8, 4) is 0 Å². The van der Waals surface area contributed by atoms with E-state index in [0.717, 1.165) is 25.6 Å². The molecule has 1 fully saturated rings. The molecule has 0 aliphatic carbocycles. The van der Waals surface area contributed by atoms with Crippen molar-refractivity contribution in [1.82, 2.24) is 0 Å². The van der Waals surface area contributed by atoms with Crippen LogP contribution in [0.2, 0.25) is 0 Å². The zero-order chi connectivity index (χ0) is 11.2. The summed E-state index contributed by atoms with van der Waals surface area (Å²) in [6.45, 7) is 7.15. The smallest absolute Gasteiger partial charge is 0.142 e. The molecule has 1 aliphatic heterocycles. The van der Waals surface area contributed by atoms with Gasteiger partial charge in [0.05, 0.1) is 0 Å². The van der Waals surface area contributed by atoms with E-state index < -0.39 is 0 Å². The molecule has 0 aromatic heterocycles. The Kier molecular flexibility index (Phi) is 3.86. The molecule has 1 aromatic carbocycles. The molecule has 16 heavy (non-hydrogen) atoms. The van der Waals surface area contributed by atoms with E-state index in [2.05, 4.69) is 28.4 Å². The van der Waals surface area contributed by atoms with Crippen LogP contribution in [0.25, 0.3) is 0 Å². The lowest BCUT2D eigenvalue weighted by Crippen LogP contribution is -2.26. The van der Waals surface area contributed by atoms with Gasteiger partial charge in [-0.05, 0) is 11.5 Å². The third-order valence-corrected chi connectivity index (χ3v) is 3.11. The first kappa shape index (κ1) is 11.1. The molecule has 1 aliphatic rings. The van der Waals surface area contributed by atoms with Crippen LogP contribution in [0, 0.1) is 5.92 Å². The van der Waals surface area contributed by atoms with Crippen LogP contribution in [0.3, 0.4) is 0 Å². The van der Waals surface area contributed by atoms with E-state index in [1.807, 2.05) is 24.4 Å². The Morgan fingerprint density at radius 3 is 2.62 bits per heavy atom. The van der Waals surface area contributed by atoms with Gasteiger partial charge in [-0.3, -0.25) is 4.99 Å². The van der Waals surface area contributed by atoms with Crippen molar-refractivity contribution in [2.45, 2.75) is 12.8 Å². The van der Waals surface area contributed by atoms with Gasteiger partial charge in [-0.2, -0.15) is 0 Å². The summed E-state index contributed by atoms with van der Waals surface area (Å²) in [5.74, 6) is 0.748. The lowest BCUT2D eigenvalue weighted by atomic mass is 9.98. The van der Waals surface area contributed by atoms with E-state index in [4.69, 9.17) is 0 Å². The molecular weight excluding hydrogens is 196 g/mol. The molecule has 1 saturated heterocycles. The van der Waals surface area contributed by atoms with E-state index in [1.165, 1.54) is 18.4 Å². The van der Waals surface area contributed by atoms with Crippen LogP contribution >= 0.6 is 0 Å². The molecule has 2 heteroatoms. The second kappa shape index (κ2) is 5.59. The number of nitrogens with zero attached hydrogens (tertiary/aromatic N) is 2. The van der Waals surface area contributed by atoms with Crippen molar-refractivity contribution in [2.24, 2.45) is 10.9 Å². The number of aliphatic imine (C=N–C) groups is 1. The highest BCUT2D eigenvalue weighted by molar-refractivity contribution is 5.79. The Morgan fingerprint density at radius 2 is 1.94 bits per heavy atom. The molecule has 84 valence electrons. The molecule has 0 saturated carbocycles. The number of hydrogen-bond donors (Lipinski definition) is 0. The zero-order valence-electron chi connectivity index (χ0n) is 9.68. The fraction of sp³-hybridized carbons (Fsp3) is 0.429. The van der Waals surface area contributed by atoms with Crippen LogP contribution in [0.5, 0.6) is 0 Å². The molecule has 2 rings (SSSR count). The molecular formula is C14H19N2+. The highest BCUT2D eigenvalue weighted by Gasteiger charge is 2.18. The lowest BCUT2D eigenvalue weighted by Gasteiger charge is -2.17. The molecule has 0 amide bonds. The van der Waals surface area contributed by atoms with Gasteiger partial charge in [-0.1, -0.05) is 30.3 Å². The maximum absolute atomic E-state index is 4.53. The zero-order valence-corrected chi connectivity index (χ0v) is 9.68. The van der Waals surface area contributed by atoms with Crippen molar-refractivity contribution in [2.75, 3.05) is 19.6 Å². The van der Waals surface area contributed by atoms with Gasteiger partial charge in [0.2, 0.25) is 0 Å². The van der Waals surface area contributed by atoms with Crippen LogP contribution in [0.15, 0.2) is 35.3 Å². The average molecular weight is 215 g/mol. The molecule has 0 radical (unpaired) electrons. The number of piperidine rings is 1. The molecule has 1 heterocycles. The summed E-state index contributed by atoms with van der Waals surface area (Å²) >= 11 is 0. The first-order chi connectivity index (χ1) is 7.84.